The van der Waals surface area contributed by atoms with Gasteiger partial charge in [0, 0.05) is 18.9 Å². The summed E-state index contributed by atoms with van der Waals surface area (Å²) in [6.45, 7) is 2.33. The molecule has 108 valence electrons. The molecular formula is C13H13F4N3. The van der Waals surface area contributed by atoms with Crippen LogP contribution >= 0.6 is 0 Å². The predicted molar refractivity (Wildman–Crippen MR) is 65.3 cm³/mol. The molecule has 0 fully saturated rings. The molecule has 1 aromatic carbocycles. The molecule has 0 aliphatic carbocycles. The summed E-state index contributed by atoms with van der Waals surface area (Å²) in [7, 11) is 0. The highest BCUT2D eigenvalue weighted by Crippen LogP contribution is 2.35. The number of aryl methyl sites for hydroxylation is 1. The number of halogens is 4. The first-order chi connectivity index (χ1) is 9.34. The van der Waals surface area contributed by atoms with Crippen LogP contribution in [0.15, 0.2) is 30.6 Å². The van der Waals surface area contributed by atoms with Crippen molar-refractivity contribution in [2.45, 2.75) is 25.7 Å². The smallest absolute Gasteiger partial charge is 0.334 e. The van der Waals surface area contributed by atoms with Crippen molar-refractivity contribution in [2.24, 2.45) is 5.73 Å². The van der Waals surface area contributed by atoms with Crippen molar-refractivity contribution >= 4 is 0 Å². The van der Waals surface area contributed by atoms with Crippen LogP contribution in [-0.4, -0.2) is 9.55 Å². The first kappa shape index (κ1) is 14.5. The van der Waals surface area contributed by atoms with E-state index in [1.807, 2.05) is 6.92 Å². The average molecular weight is 287 g/mol. The van der Waals surface area contributed by atoms with Gasteiger partial charge in [-0.15, -0.1) is 0 Å². The third kappa shape index (κ3) is 2.67. The first-order valence-corrected chi connectivity index (χ1v) is 5.97. The van der Waals surface area contributed by atoms with Crippen molar-refractivity contribution < 1.29 is 17.6 Å². The summed E-state index contributed by atoms with van der Waals surface area (Å²) in [5.41, 5.74) is 4.59. The highest BCUT2D eigenvalue weighted by Gasteiger charge is 2.35. The Bertz CT molecular complexity index is 604. The van der Waals surface area contributed by atoms with Crippen LogP contribution in [0, 0.1) is 5.82 Å². The van der Waals surface area contributed by atoms with Crippen molar-refractivity contribution in [3.05, 3.63) is 53.4 Å². The fraction of sp³-hybridized carbons (Fsp3) is 0.308. The maximum absolute atomic E-state index is 13.3. The Labute approximate surface area is 113 Å². The number of hydrogen-bond donors (Lipinski definition) is 1. The number of nitrogens with zero attached hydrogens (tertiary/aromatic N) is 2. The zero-order valence-corrected chi connectivity index (χ0v) is 10.7. The number of benzene rings is 1. The molecule has 7 heteroatoms. The second-order valence-electron chi connectivity index (χ2n) is 4.28. The Morgan fingerprint density at radius 1 is 1.35 bits per heavy atom. The zero-order chi connectivity index (χ0) is 14.9. The molecule has 1 heterocycles. The van der Waals surface area contributed by atoms with E-state index < -0.39 is 23.6 Å². The van der Waals surface area contributed by atoms with Gasteiger partial charge in [0.05, 0.1) is 11.6 Å². The third-order valence-corrected chi connectivity index (χ3v) is 3.02. The van der Waals surface area contributed by atoms with E-state index in [-0.39, 0.29) is 11.4 Å². The summed E-state index contributed by atoms with van der Waals surface area (Å²) in [4.78, 5) is 3.96. The Morgan fingerprint density at radius 2 is 2.05 bits per heavy atom. The molecule has 2 rings (SSSR count). The van der Waals surface area contributed by atoms with E-state index in [1.54, 1.807) is 10.8 Å². The van der Waals surface area contributed by atoms with Gasteiger partial charge in [-0.05, 0) is 30.7 Å². The Morgan fingerprint density at radius 3 is 2.65 bits per heavy atom. The molecule has 1 unspecified atom stereocenters. The molecule has 2 N–H and O–H groups in total. The second kappa shape index (κ2) is 5.24. The molecule has 20 heavy (non-hydrogen) atoms. The molecule has 0 bridgehead atoms. The molecule has 0 radical (unpaired) electrons. The van der Waals surface area contributed by atoms with E-state index in [0.717, 1.165) is 12.1 Å². The van der Waals surface area contributed by atoms with E-state index in [0.29, 0.717) is 12.6 Å². The van der Waals surface area contributed by atoms with Gasteiger partial charge >= 0.3 is 6.18 Å². The minimum Gasteiger partial charge on any atom is -0.334 e. The SMILES string of the molecule is CCn1ccnc1C(N)c1cc(F)ccc1C(F)(F)F. The van der Waals surface area contributed by atoms with E-state index in [2.05, 4.69) is 4.98 Å². The van der Waals surface area contributed by atoms with Gasteiger partial charge in [-0.25, -0.2) is 9.37 Å². The van der Waals surface area contributed by atoms with E-state index in [1.165, 1.54) is 6.20 Å². The Balaban J connectivity index is 2.54. The van der Waals surface area contributed by atoms with Crippen LogP contribution < -0.4 is 5.73 Å². The molecule has 0 aliphatic heterocycles. The van der Waals surface area contributed by atoms with Gasteiger partial charge in [-0.2, -0.15) is 13.2 Å². The lowest BCUT2D eigenvalue weighted by molar-refractivity contribution is -0.138. The summed E-state index contributed by atoms with van der Waals surface area (Å²) in [5, 5.41) is 0. The van der Waals surface area contributed by atoms with Gasteiger partial charge in [0.25, 0.3) is 0 Å². The van der Waals surface area contributed by atoms with Crippen molar-refractivity contribution in [1.29, 1.82) is 0 Å². The fourth-order valence-electron chi connectivity index (χ4n) is 2.06. The van der Waals surface area contributed by atoms with Gasteiger partial charge < -0.3 is 10.3 Å². The number of rotatable bonds is 3. The lowest BCUT2D eigenvalue weighted by atomic mass is 9.99. The quantitative estimate of drug-likeness (QED) is 0.881. The molecular weight excluding hydrogens is 274 g/mol. The zero-order valence-electron chi connectivity index (χ0n) is 10.7. The minimum atomic E-state index is -4.59. The average Bonchev–Trinajstić information content (AvgIpc) is 2.84. The van der Waals surface area contributed by atoms with Crippen LogP contribution in [0.2, 0.25) is 0 Å². The van der Waals surface area contributed by atoms with Crippen molar-refractivity contribution in [1.82, 2.24) is 9.55 Å². The summed E-state index contributed by atoms with van der Waals surface area (Å²) in [6.07, 6.45) is -1.53. The van der Waals surface area contributed by atoms with Crippen LogP contribution in [-0.2, 0) is 12.7 Å². The number of alkyl halides is 3. The standard InChI is InChI=1S/C13H13F4N3/c1-2-20-6-5-19-12(20)11(18)9-7-8(14)3-4-10(9)13(15,16)17/h3-7,11H,2,18H2,1H3. The van der Waals surface area contributed by atoms with E-state index >= 15 is 0 Å². The number of nitrogens with two attached hydrogens (primary N) is 1. The predicted octanol–water partition coefficient (Wildman–Crippen LogP) is 3.11. The number of aromatic nitrogens is 2. The monoisotopic (exact) mass is 287 g/mol. The molecule has 2 aromatic rings. The summed E-state index contributed by atoms with van der Waals surface area (Å²) < 4.78 is 53.8. The van der Waals surface area contributed by atoms with Crippen molar-refractivity contribution in [3.63, 3.8) is 0 Å². The Hall–Kier alpha value is -1.89. The second-order valence-corrected chi connectivity index (χ2v) is 4.28. The van der Waals surface area contributed by atoms with Crippen molar-refractivity contribution in [2.75, 3.05) is 0 Å². The van der Waals surface area contributed by atoms with Crippen molar-refractivity contribution in [3.8, 4) is 0 Å². The third-order valence-electron chi connectivity index (χ3n) is 3.02. The van der Waals surface area contributed by atoms with Crippen LogP contribution in [0.3, 0.4) is 0 Å². The summed E-state index contributed by atoms with van der Waals surface area (Å²) >= 11 is 0. The molecule has 0 spiro atoms. The summed E-state index contributed by atoms with van der Waals surface area (Å²) in [5.74, 6) is -0.498. The lowest BCUT2D eigenvalue weighted by Gasteiger charge is -2.19. The lowest BCUT2D eigenvalue weighted by Crippen LogP contribution is -2.22. The van der Waals surface area contributed by atoms with E-state index in [9.17, 15) is 17.6 Å². The largest absolute Gasteiger partial charge is 0.416 e. The number of imidazole rings is 1. The fourth-order valence-corrected chi connectivity index (χ4v) is 2.06. The summed E-state index contributed by atoms with van der Waals surface area (Å²) in [6, 6.07) is 1.13. The van der Waals surface area contributed by atoms with Crippen LogP contribution in [0.25, 0.3) is 0 Å². The van der Waals surface area contributed by atoms with Gasteiger partial charge in [0.15, 0.2) is 0 Å². The topological polar surface area (TPSA) is 43.8 Å². The van der Waals surface area contributed by atoms with E-state index in [4.69, 9.17) is 5.73 Å². The van der Waals surface area contributed by atoms with Gasteiger partial charge in [0.1, 0.15) is 11.6 Å². The Kier molecular flexibility index (Phi) is 3.80. The van der Waals surface area contributed by atoms with Crippen LogP contribution in [0.1, 0.15) is 29.9 Å². The highest BCUT2D eigenvalue weighted by atomic mass is 19.4. The molecule has 3 nitrogen and oxygen atoms in total. The van der Waals surface area contributed by atoms with Gasteiger partial charge in [0.2, 0.25) is 0 Å². The van der Waals surface area contributed by atoms with Crippen LogP contribution in [0.4, 0.5) is 17.6 Å². The molecule has 0 saturated carbocycles. The van der Waals surface area contributed by atoms with Gasteiger partial charge in [-0.1, -0.05) is 0 Å². The molecule has 0 aliphatic rings. The van der Waals surface area contributed by atoms with Crippen LogP contribution in [0.5, 0.6) is 0 Å². The first-order valence-electron chi connectivity index (χ1n) is 5.97. The molecule has 0 amide bonds. The minimum absolute atomic E-state index is 0.267. The maximum Gasteiger partial charge on any atom is 0.416 e. The highest BCUT2D eigenvalue weighted by molar-refractivity contribution is 5.36. The normalized spacial score (nSPS) is 13.5. The van der Waals surface area contributed by atoms with Gasteiger partial charge in [-0.3, -0.25) is 0 Å². The molecule has 1 aromatic heterocycles. The number of hydrogen-bond acceptors (Lipinski definition) is 2. The molecule has 1 atom stereocenters. The molecule has 0 saturated heterocycles. The maximum atomic E-state index is 13.3.